The molecule has 0 bridgehead atoms. The highest BCUT2D eigenvalue weighted by Gasteiger charge is 2.25. The van der Waals surface area contributed by atoms with Crippen molar-refractivity contribution in [3.63, 3.8) is 0 Å². The van der Waals surface area contributed by atoms with Crippen LogP contribution in [0.25, 0.3) is 27.9 Å². The summed E-state index contributed by atoms with van der Waals surface area (Å²) in [5.41, 5.74) is 3.07. The molecule has 0 aliphatic carbocycles. The minimum absolute atomic E-state index is 0.116. The van der Waals surface area contributed by atoms with Gasteiger partial charge in [0.15, 0.2) is 5.65 Å². The average molecular weight is 486 g/mol. The van der Waals surface area contributed by atoms with Crippen molar-refractivity contribution in [2.75, 3.05) is 0 Å². The molecule has 0 spiro atoms. The summed E-state index contributed by atoms with van der Waals surface area (Å²) in [4.78, 5) is 27.4. The highest BCUT2D eigenvalue weighted by Crippen LogP contribution is 2.33. The summed E-state index contributed by atoms with van der Waals surface area (Å²) >= 11 is 6.12. The lowest BCUT2D eigenvalue weighted by Crippen LogP contribution is -2.35. The maximum atomic E-state index is 14.1. The van der Waals surface area contributed by atoms with Crippen molar-refractivity contribution in [2.45, 2.75) is 20.0 Å². The molecule has 0 amide bonds. The molecule has 5 aromatic rings. The Hall–Kier alpha value is -4.42. The molecule has 2 aromatic carbocycles. The van der Waals surface area contributed by atoms with Gasteiger partial charge in [0.25, 0.3) is 5.56 Å². The van der Waals surface area contributed by atoms with Crippen LogP contribution in [0.15, 0.2) is 70.5 Å². The van der Waals surface area contributed by atoms with E-state index in [2.05, 4.69) is 16.3 Å². The van der Waals surface area contributed by atoms with Gasteiger partial charge in [-0.3, -0.25) is 9.48 Å². The standard InChI is InChI=1S/C25H20ClN7O2/c1-3-31-25(35)33-23(29-31)21(18-8-10-20(26)11-9-18)22(19-13-28-30(2)15-19)24(34)32(33)14-17-6-4-16(12-27)5-7-17/h4-11,13,15H,3,14H2,1-2H3. The van der Waals surface area contributed by atoms with Gasteiger partial charge in [0.05, 0.1) is 29.9 Å². The van der Waals surface area contributed by atoms with Crippen molar-refractivity contribution < 1.29 is 0 Å². The van der Waals surface area contributed by atoms with Crippen LogP contribution < -0.4 is 11.2 Å². The van der Waals surface area contributed by atoms with Gasteiger partial charge in [-0.15, -0.1) is 5.10 Å². The summed E-state index contributed by atoms with van der Waals surface area (Å²) in [7, 11) is 1.77. The van der Waals surface area contributed by atoms with E-state index in [1.54, 1.807) is 72.7 Å². The number of hydrogen-bond donors (Lipinski definition) is 0. The summed E-state index contributed by atoms with van der Waals surface area (Å²) in [6.45, 7) is 2.28. The van der Waals surface area contributed by atoms with Crippen molar-refractivity contribution in [1.82, 2.24) is 28.8 Å². The molecule has 0 radical (unpaired) electrons. The first-order valence-corrected chi connectivity index (χ1v) is 11.3. The summed E-state index contributed by atoms with van der Waals surface area (Å²) in [5, 5.41) is 18.5. The fourth-order valence-corrected chi connectivity index (χ4v) is 4.25. The molecule has 10 heteroatoms. The molecule has 0 saturated carbocycles. The fourth-order valence-electron chi connectivity index (χ4n) is 4.13. The normalized spacial score (nSPS) is 11.1. The van der Waals surface area contributed by atoms with Gasteiger partial charge in [-0.05, 0) is 42.3 Å². The van der Waals surface area contributed by atoms with E-state index < -0.39 is 5.69 Å². The Morgan fingerprint density at radius 1 is 1.00 bits per heavy atom. The van der Waals surface area contributed by atoms with E-state index in [0.29, 0.717) is 45.0 Å². The average Bonchev–Trinajstić information content (AvgIpc) is 3.44. The first kappa shape index (κ1) is 22.4. The number of aryl methyl sites for hydroxylation is 2. The van der Waals surface area contributed by atoms with Gasteiger partial charge in [-0.1, -0.05) is 35.9 Å². The van der Waals surface area contributed by atoms with Crippen LogP contribution in [-0.2, 0) is 20.1 Å². The van der Waals surface area contributed by atoms with E-state index in [-0.39, 0.29) is 12.1 Å². The number of nitrogens with zero attached hydrogens (tertiary/aromatic N) is 7. The van der Waals surface area contributed by atoms with Crippen LogP contribution in [0.1, 0.15) is 18.1 Å². The van der Waals surface area contributed by atoms with E-state index >= 15 is 0 Å². The molecule has 35 heavy (non-hydrogen) atoms. The van der Waals surface area contributed by atoms with Crippen molar-refractivity contribution in [1.29, 1.82) is 5.26 Å². The second-order valence-corrected chi connectivity index (χ2v) is 8.50. The van der Waals surface area contributed by atoms with Crippen LogP contribution in [0, 0.1) is 11.3 Å². The molecule has 9 nitrogen and oxygen atoms in total. The summed E-state index contributed by atoms with van der Waals surface area (Å²) in [6, 6.07) is 16.1. The van der Waals surface area contributed by atoms with E-state index in [4.69, 9.17) is 16.9 Å². The zero-order valence-electron chi connectivity index (χ0n) is 19.0. The number of halogens is 1. The number of aromatic nitrogens is 6. The number of rotatable bonds is 5. The molecular weight excluding hydrogens is 466 g/mol. The first-order chi connectivity index (χ1) is 16.9. The number of fused-ring (bicyclic) bond motifs is 1. The van der Waals surface area contributed by atoms with Gasteiger partial charge >= 0.3 is 5.69 Å². The van der Waals surface area contributed by atoms with Gasteiger partial charge in [-0.2, -0.15) is 14.9 Å². The fraction of sp³-hybridized carbons (Fsp3) is 0.160. The number of nitriles is 1. The molecule has 174 valence electrons. The van der Waals surface area contributed by atoms with Gasteiger partial charge in [0, 0.05) is 35.9 Å². The maximum absolute atomic E-state index is 14.1. The number of hydrogen-bond acceptors (Lipinski definition) is 5. The van der Waals surface area contributed by atoms with Crippen LogP contribution in [0.5, 0.6) is 0 Å². The third-order valence-corrected chi connectivity index (χ3v) is 6.07. The highest BCUT2D eigenvalue weighted by molar-refractivity contribution is 6.30. The molecular formula is C25H20ClN7O2. The summed E-state index contributed by atoms with van der Waals surface area (Å²) in [6.07, 6.45) is 3.38. The van der Waals surface area contributed by atoms with Gasteiger partial charge in [0.1, 0.15) is 0 Å². The van der Waals surface area contributed by atoms with Crippen LogP contribution in [0.4, 0.5) is 0 Å². The Morgan fingerprint density at radius 2 is 1.71 bits per heavy atom. The Balaban J connectivity index is 1.89. The van der Waals surface area contributed by atoms with E-state index in [1.165, 1.54) is 13.9 Å². The number of benzene rings is 2. The van der Waals surface area contributed by atoms with E-state index in [9.17, 15) is 9.59 Å². The lowest BCUT2D eigenvalue weighted by Gasteiger charge is -2.15. The SMILES string of the molecule is CCn1nc2c(-c3ccc(Cl)cc3)c(-c3cnn(C)c3)c(=O)n(Cc3ccc(C#N)cc3)n2c1=O. The quantitative estimate of drug-likeness (QED) is 0.380. The smallest absolute Gasteiger partial charge is 0.275 e. The zero-order valence-corrected chi connectivity index (χ0v) is 19.8. The van der Waals surface area contributed by atoms with E-state index in [1.807, 2.05) is 6.92 Å². The minimum atomic E-state index is -0.416. The lowest BCUT2D eigenvalue weighted by atomic mass is 9.98. The third kappa shape index (κ3) is 3.84. The molecule has 0 N–H and O–H groups in total. The van der Waals surface area contributed by atoms with Crippen LogP contribution in [-0.4, -0.2) is 28.8 Å². The Kier molecular flexibility index (Phi) is 5.59. The first-order valence-electron chi connectivity index (χ1n) is 10.9. The molecule has 0 atom stereocenters. The molecule has 3 heterocycles. The topological polar surface area (TPSA) is 103 Å². The maximum Gasteiger partial charge on any atom is 0.365 e. The van der Waals surface area contributed by atoms with Crippen LogP contribution in [0.3, 0.4) is 0 Å². The van der Waals surface area contributed by atoms with Gasteiger partial charge in [0.2, 0.25) is 0 Å². The van der Waals surface area contributed by atoms with Crippen molar-refractivity contribution >= 4 is 17.2 Å². The van der Waals surface area contributed by atoms with Crippen molar-refractivity contribution in [3.8, 4) is 28.3 Å². The monoisotopic (exact) mass is 485 g/mol. The molecule has 0 fully saturated rings. The minimum Gasteiger partial charge on any atom is -0.275 e. The van der Waals surface area contributed by atoms with Gasteiger partial charge in [-0.25, -0.2) is 14.2 Å². The lowest BCUT2D eigenvalue weighted by molar-refractivity contribution is 0.559. The highest BCUT2D eigenvalue weighted by atomic mass is 35.5. The van der Waals surface area contributed by atoms with E-state index in [0.717, 1.165) is 5.56 Å². The molecule has 0 aliphatic heterocycles. The Morgan fingerprint density at radius 3 is 2.31 bits per heavy atom. The predicted octanol–water partition coefficient (Wildman–Crippen LogP) is 3.32. The second-order valence-electron chi connectivity index (χ2n) is 8.06. The summed E-state index contributed by atoms with van der Waals surface area (Å²) < 4.78 is 5.66. The van der Waals surface area contributed by atoms with Crippen LogP contribution >= 0.6 is 11.6 Å². The molecule has 0 unspecified atom stereocenters. The predicted molar refractivity (Wildman–Crippen MR) is 132 cm³/mol. The van der Waals surface area contributed by atoms with Crippen LogP contribution in [0.2, 0.25) is 5.02 Å². The summed E-state index contributed by atoms with van der Waals surface area (Å²) in [5.74, 6) is 0. The third-order valence-electron chi connectivity index (χ3n) is 5.82. The second kappa shape index (κ2) is 8.74. The molecule has 0 aliphatic rings. The molecule has 5 rings (SSSR count). The molecule has 3 aromatic heterocycles. The molecule has 0 saturated heterocycles. The van der Waals surface area contributed by atoms with Gasteiger partial charge < -0.3 is 0 Å². The Bertz CT molecular complexity index is 1720. The zero-order chi connectivity index (χ0) is 24.7. The van der Waals surface area contributed by atoms with Crippen molar-refractivity contribution in [2.24, 2.45) is 7.05 Å². The Labute approximate surface area is 204 Å². The van der Waals surface area contributed by atoms with Crippen molar-refractivity contribution in [3.05, 3.63) is 97.9 Å². The largest absolute Gasteiger partial charge is 0.365 e.